The molecule has 1 aromatic heterocycles. The Bertz CT molecular complexity index is 906. The molecular weight excluding hydrogens is 358 g/mol. The van der Waals surface area contributed by atoms with E-state index in [-0.39, 0.29) is 11.9 Å². The maximum absolute atomic E-state index is 12.3. The molecule has 138 valence electrons. The lowest BCUT2D eigenvalue weighted by molar-refractivity contribution is -0.119. The molecule has 7 heteroatoms. The van der Waals surface area contributed by atoms with E-state index in [2.05, 4.69) is 57.2 Å². The van der Waals surface area contributed by atoms with Crippen molar-refractivity contribution in [1.29, 1.82) is 0 Å². The van der Waals surface area contributed by atoms with Crippen molar-refractivity contribution in [2.24, 2.45) is 0 Å². The number of aromatic nitrogens is 4. The Morgan fingerprint density at radius 3 is 2.56 bits per heavy atom. The lowest BCUT2D eigenvalue weighted by Gasteiger charge is -2.15. The third-order valence-corrected chi connectivity index (χ3v) is 5.52. The Hall–Kier alpha value is -2.67. The number of carbonyl (C=O) groups is 1. The largest absolute Gasteiger partial charge is 0.349 e. The van der Waals surface area contributed by atoms with Gasteiger partial charge in [-0.1, -0.05) is 66.4 Å². The van der Waals surface area contributed by atoms with Gasteiger partial charge in [-0.15, -0.1) is 5.10 Å². The highest BCUT2D eigenvalue weighted by Crippen LogP contribution is 2.36. The Morgan fingerprint density at radius 1 is 1.15 bits per heavy atom. The van der Waals surface area contributed by atoms with E-state index in [9.17, 15) is 4.79 Å². The maximum atomic E-state index is 12.3. The topological polar surface area (TPSA) is 72.7 Å². The van der Waals surface area contributed by atoms with Crippen molar-refractivity contribution in [3.63, 3.8) is 0 Å². The third-order valence-electron chi connectivity index (χ3n) is 4.58. The van der Waals surface area contributed by atoms with Crippen LogP contribution in [0.5, 0.6) is 0 Å². The molecule has 0 saturated heterocycles. The van der Waals surface area contributed by atoms with Gasteiger partial charge < -0.3 is 5.32 Å². The zero-order chi connectivity index (χ0) is 18.6. The second-order valence-electron chi connectivity index (χ2n) is 6.70. The number of tetrazole rings is 1. The lowest BCUT2D eigenvalue weighted by Crippen LogP contribution is -2.28. The van der Waals surface area contributed by atoms with E-state index in [1.165, 1.54) is 22.9 Å². The highest BCUT2D eigenvalue weighted by atomic mass is 32.2. The predicted molar refractivity (Wildman–Crippen MR) is 105 cm³/mol. The fourth-order valence-electron chi connectivity index (χ4n) is 2.92. The predicted octanol–water partition coefficient (Wildman–Crippen LogP) is 3.64. The van der Waals surface area contributed by atoms with E-state index in [1.54, 1.807) is 0 Å². The second-order valence-corrected chi connectivity index (χ2v) is 7.65. The molecule has 0 bridgehead atoms. The Morgan fingerprint density at radius 2 is 1.85 bits per heavy atom. The monoisotopic (exact) mass is 379 g/mol. The van der Waals surface area contributed by atoms with Gasteiger partial charge >= 0.3 is 0 Å². The van der Waals surface area contributed by atoms with E-state index in [4.69, 9.17) is 0 Å². The quantitative estimate of drug-likeness (QED) is 0.635. The van der Waals surface area contributed by atoms with Crippen molar-refractivity contribution in [1.82, 2.24) is 25.5 Å². The Labute approximate surface area is 162 Å². The van der Waals surface area contributed by atoms with Crippen LogP contribution < -0.4 is 5.32 Å². The zero-order valence-corrected chi connectivity index (χ0v) is 15.9. The van der Waals surface area contributed by atoms with E-state index in [0.717, 1.165) is 18.4 Å². The third kappa shape index (κ3) is 4.36. The van der Waals surface area contributed by atoms with Crippen LogP contribution in [0, 0.1) is 0 Å². The minimum Gasteiger partial charge on any atom is -0.349 e. The van der Waals surface area contributed by atoms with E-state index in [0.29, 0.717) is 17.0 Å². The summed E-state index contributed by atoms with van der Waals surface area (Å²) in [7, 11) is 0. The highest BCUT2D eigenvalue weighted by molar-refractivity contribution is 7.99. The van der Waals surface area contributed by atoms with E-state index in [1.807, 2.05) is 29.8 Å². The molecular formula is C20H21N5OS. The maximum Gasteiger partial charge on any atom is 0.230 e. The highest BCUT2D eigenvalue weighted by Gasteiger charge is 2.28. The standard InChI is InChI=1S/C20H21N5OS/c1-14(15-7-9-17(10-8-15)16-5-3-2-4-6-16)21-19(26)13-27-20-22-23-24-25(20)18-11-12-18/h2-10,14,18H,11-13H2,1H3,(H,21,26). The number of nitrogens with zero attached hydrogens (tertiary/aromatic N) is 4. The van der Waals surface area contributed by atoms with Crippen molar-refractivity contribution in [2.75, 3.05) is 5.75 Å². The minimum absolute atomic E-state index is 0.0232. The molecule has 3 aromatic rings. The van der Waals surface area contributed by atoms with E-state index < -0.39 is 0 Å². The molecule has 1 aliphatic rings. The summed E-state index contributed by atoms with van der Waals surface area (Å²) in [4.78, 5) is 12.3. The van der Waals surface area contributed by atoms with Gasteiger partial charge in [-0.25, -0.2) is 4.68 Å². The number of amides is 1. The lowest BCUT2D eigenvalue weighted by atomic mass is 10.0. The normalized spacial score (nSPS) is 14.7. The molecule has 27 heavy (non-hydrogen) atoms. The molecule has 1 unspecified atom stereocenters. The SMILES string of the molecule is CC(NC(=O)CSc1nnnn1C1CC1)c1ccc(-c2ccccc2)cc1. The molecule has 2 aromatic carbocycles. The summed E-state index contributed by atoms with van der Waals surface area (Å²) in [5.41, 5.74) is 3.43. The molecule has 0 aliphatic heterocycles. The molecule has 0 radical (unpaired) electrons. The summed E-state index contributed by atoms with van der Waals surface area (Å²) >= 11 is 1.38. The van der Waals surface area contributed by atoms with Crippen LogP contribution in [0.4, 0.5) is 0 Å². The molecule has 1 amide bonds. The first-order valence-electron chi connectivity index (χ1n) is 9.06. The number of carbonyl (C=O) groups excluding carboxylic acids is 1. The Kier molecular flexibility index (Phi) is 5.20. The molecule has 1 aliphatic carbocycles. The van der Waals surface area contributed by atoms with Crippen molar-refractivity contribution in [3.05, 3.63) is 60.2 Å². The van der Waals surface area contributed by atoms with Crippen molar-refractivity contribution >= 4 is 17.7 Å². The van der Waals surface area contributed by atoms with Crippen LogP contribution in [0.2, 0.25) is 0 Å². The molecule has 1 saturated carbocycles. The van der Waals surface area contributed by atoms with Crippen LogP contribution in [0.15, 0.2) is 59.8 Å². The van der Waals surface area contributed by atoms with Gasteiger partial charge in [-0.05, 0) is 46.9 Å². The summed E-state index contributed by atoms with van der Waals surface area (Å²) in [6.07, 6.45) is 2.22. The van der Waals surface area contributed by atoms with Crippen LogP contribution in [0.25, 0.3) is 11.1 Å². The molecule has 1 fully saturated rings. The van der Waals surface area contributed by atoms with Gasteiger partial charge in [0.2, 0.25) is 11.1 Å². The van der Waals surface area contributed by atoms with Gasteiger partial charge in [-0.3, -0.25) is 4.79 Å². The number of thioether (sulfide) groups is 1. The van der Waals surface area contributed by atoms with Crippen LogP contribution in [0.3, 0.4) is 0 Å². The van der Waals surface area contributed by atoms with Crippen molar-refractivity contribution < 1.29 is 4.79 Å². The van der Waals surface area contributed by atoms with Crippen LogP contribution >= 0.6 is 11.8 Å². The summed E-state index contributed by atoms with van der Waals surface area (Å²) < 4.78 is 1.82. The van der Waals surface area contributed by atoms with Gasteiger partial charge in [0.05, 0.1) is 17.8 Å². The average molecular weight is 379 g/mol. The van der Waals surface area contributed by atoms with Crippen molar-refractivity contribution in [3.8, 4) is 11.1 Å². The van der Waals surface area contributed by atoms with Gasteiger partial charge in [0.1, 0.15) is 0 Å². The van der Waals surface area contributed by atoms with Gasteiger partial charge in [0, 0.05) is 0 Å². The summed E-state index contributed by atoms with van der Waals surface area (Å²) in [5, 5.41) is 15.5. The van der Waals surface area contributed by atoms with Gasteiger partial charge in [0.15, 0.2) is 0 Å². The summed E-state index contributed by atoms with van der Waals surface area (Å²) in [5.74, 6) is 0.282. The number of nitrogens with one attached hydrogen (secondary N) is 1. The molecule has 4 rings (SSSR count). The summed E-state index contributed by atoms with van der Waals surface area (Å²) in [6, 6.07) is 18.9. The number of hydrogen-bond acceptors (Lipinski definition) is 5. The minimum atomic E-state index is -0.0534. The Balaban J connectivity index is 1.32. The second kappa shape index (κ2) is 7.92. The van der Waals surface area contributed by atoms with Gasteiger partial charge in [0.25, 0.3) is 0 Å². The number of rotatable bonds is 7. The molecule has 0 spiro atoms. The van der Waals surface area contributed by atoms with Crippen LogP contribution in [-0.2, 0) is 4.79 Å². The average Bonchev–Trinajstić information content (AvgIpc) is 3.45. The molecule has 1 atom stereocenters. The first kappa shape index (κ1) is 17.7. The number of hydrogen-bond donors (Lipinski definition) is 1. The number of benzene rings is 2. The van der Waals surface area contributed by atoms with Crippen LogP contribution in [0.1, 0.15) is 37.4 Å². The smallest absolute Gasteiger partial charge is 0.230 e. The van der Waals surface area contributed by atoms with Crippen molar-refractivity contribution in [2.45, 2.75) is 37.0 Å². The zero-order valence-electron chi connectivity index (χ0n) is 15.1. The van der Waals surface area contributed by atoms with Crippen LogP contribution in [-0.4, -0.2) is 31.9 Å². The summed E-state index contributed by atoms with van der Waals surface area (Å²) in [6.45, 7) is 1.99. The van der Waals surface area contributed by atoms with E-state index >= 15 is 0 Å². The first-order valence-corrected chi connectivity index (χ1v) is 10.0. The fourth-order valence-corrected chi connectivity index (χ4v) is 3.68. The van der Waals surface area contributed by atoms with Gasteiger partial charge in [-0.2, -0.15) is 0 Å². The molecule has 1 heterocycles. The molecule has 1 N–H and O–H groups in total. The first-order chi connectivity index (χ1) is 13.2. The fraction of sp³-hybridized carbons (Fsp3) is 0.300. The molecule has 6 nitrogen and oxygen atoms in total.